The van der Waals surface area contributed by atoms with Gasteiger partial charge < -0.3 is 25.3 Å². The van der Waals surface area contributed by atoms with Crippen molar-refractivity contribution >= 4 is 33.4 Å². The van der Waals surface area contributed by atoms with Crippen LogP contribution in [0.5, 0.6) is 0 Å². The van der Waals surface area contributed by atoms with Gasteiger partial charge in [-0.15, -0.1) is 0 Å². The van der Waals surface area contributed by atoms with Crippen molar-refractivity contribution in [2.75, 3.05) is 16.9 Å². The highest BCUT2D eigenvalue weighted by molar-refractivity contribution is 7.90. The number of anilines is 1. The Bertz CT molecular complexity index is 1650. The molecule has 2 aromatic carbocycles. The molecule has 1 aliphatic rings. The van der Waals surface area contributed by atoms with Gasteiger partial charge in [-0.2, -0.15) is 0 Å². The molecule has 4 N–H and O–H groups in total. The Hall–Kier alpha value is -4.13. The van der Waals surface area contributed by atoms with Crippen molar-refractivity contribution < 1.29 is 47.6 Å². The number of halogens is 1. The summed E-state index contributed by atoms with van der Waals surface area (Å²) in [6, 6.07) is 14.8. The smallest absolute Gasteiger partial charge is 0.347 e. The summed E-state index contributed by atoms with van der Waals surface area (Å²) in [5.41, 5.74) is 0.927. The van der Waals surface area contributed by atoms with Crippen molar-refractivity contribution in [1.82, 2.24) is 0 Å². The predicted octanol–water partition coefficient (Wildman–Crippen LogP) is 5.89. The lowest BCUT2D eigenvalue weighted by Gasteiger charge is -2.48. The minimum Gasteiger partial charge on any atom is -0.479 e. The van der Waals surface area contributed by atoms with E-state index in [1.54, 1.807) is 11.8 Å². The van der Waals surface area contributed by atoms with E-state index in [-0.39, 0.29) is 30.5 Å². The molecule has 3 unspecified atom stereocenters. The highest BCUT2D eigenvalue weighted by Gasteiger charge is 2.48. The van der Waals surface area contributed by atoms with Crippen molar-refractivity contribution in [2.24, 2.45) is 5.92 Å². The number of aliphatic hydroxyl groups excluding tert-OH is 1. The van der Waals surface area contributed by atoms with Crippen LogP contribution in [0.15, 0.2) is 84.7 Å². The van der Waals surface area contributed by atoms with Gasteiger partial charge in [-0.25, -0.2) is 22.4 Å². The Balaban J connectivity index is 1.72. The van der Waals surface area contributed by atoms with E-state index in [9.17, 15) is 37.4 Å². The number of aliphatic hydroxyl groups is 2. The third-order valence-corrected chi connectivity index (χ3v) is 10.1. The summed E-state index contributed by atoms with van der Waals surface area (Å²) in [7, 11) is -2.95. The molecule has 3 atom stereocenters. The van der Waals surface area contributed by atoms with E-state index in [4.69, 9.17) is 10.2 Å². The maximum absolute atomic E-state index is 13.6. The highest BCUT2D eigenvalue weighted by Crippen LogP contribution is 2.46. The van der Waals surface area contributed by atoms with E-state index in [2.05, 4.69) is 6.58 Å². The summed E-state index contributed by atoms with van der Waals surface area (Å²) in [6.45, 7) is 5.39. The quantitative estimate of drug-likeness (QED) is 0.0534. The minimum absolute atomic E-state index is 0.104. The number of sulfone groups is 1. The number of unbranched alkanes of at least 4 members (excludes halogenated alkanes) is 3. The van der Waals surface area contributed by atoms with Crippen molar-refractivity contribution in [3.63, 3.8) is 0 Å². The van der Waals surface area contributed by atoms with E-state index < -0.39 is 51.6 Å². The van der Waals surface area contributed by atoms with Crippen LogP contribution in [0.3, 0.4) is 0 Å². The number of hydrogen-bond donors (Lipinski definition) is 4. The third kappa shape index (κ3) is 11.2. The average Bonchev–Trinajstić information content (AvgIpc) is 3.07. The van der Waals surface area contributed by atoms with E-state index >= 15 is 0 Å². The zero-order valence-electron chi connectivity index (χ0n) is 28.6. The second-order valence-electron chi connectivity index (χ2n) is 13.0. The number of β-lactam (4-membered cyclic amide) rings is 1. The molecule has 0 saturated carbocycles. The van der Waals surface area contributed by atoms with Gasteiger partial charge in [-0.05, 0) is 98.8 Å². The maximum atomic E-state index is 13.6. The second-order valence-corrected chi connectivity index (χ2v) is 15.2. The van der Waals surface area contributed by atoms with E-state index in [1.807, 2.05) is 48.5 Å². The Labute approximate surface area is 293 Å². The summed E-state index contributed by atoms with van der Waals surface area (Å²) in [5, 5.41) is 39.0. The van der Waals surface area contributed by atoms with Crippen molar-refractivity contribution in [2.45, 2.75) is 88.9 Å². The molecule has 0 bridgehead atoms. The van der Waals surface area contributed by atoms with Gasteiger partial charge in [0.2, 0.25) is 5.91 Å². The normalized spacial score (nSPS) is 17.5. The molecule has 12 heteroatoms. The van der Waals surface area contributed by atoms with Gasteiger partial charge in [0, 0.05) is 17.7 Å². The van der Waals surface area contributed by atoms with E-state index in [0.717, 1.165) is 42.4 Å². The first-order chi connectivity index (χ1) is 23.6. The van der Waals surface area contributed by atoms with Crippen molar-refractivity contribution in [3.05, 3.63) is 101 Å². The molecule has 0 spiro atoms. The molecule has 0 aliphatic carbocycles. The fourth-order valence-corrected chi connectivity index (χ4v) is 6.75. The number of allylic oxidation sites excluding steroid dienone is 3. The van der Waals surface area contributed by atoms with E-state index in [1.165, 1.54) is 24.5 Å². The number of hydrogen-bond acceptors (Lipinski definition) is 7. The fraction of sp³-hybridized carbons (Fsp3) is 0.447. The zero-order valence-corrected chi connectivity index (χ0v) is 29.4. The molecular weight excluding hydrogens is 665 g/mol. The number of carbonyl (C=O) groups excluding carboxylic acids is 1. The monoisotopic (exact) mass is 713 g/mol. The van der Waals surface area contributed by atoms with Gasteiger partial charge in [0.15, 0.2) is 0 Å². The third-order valence-electron chi connectivity index (χ3n) is 9.10. The second kappa shape index (κ2) is 18.2. The molecule has 272 valence electrons. The number of carbonyl (C=O) groups is 3. The van der Waals surface area contributed by atoms with Crippen LogP contribution in [0.1, 0.15) is 81.0 Å². The molecule has 2 aromatic rings. The van der Waals surface area contributed by atoms with Crippen molar-refractivity contribution in [1.29, 1.82) is 0 Å². The summed E-state index contributed by atoms with van der Waals surface area (Å²) in [4.78, 5) is 37.9. The molecule has 0 radical (unpaired) electrons. The number of carboxylic acid groups (broad SMARTS) is 2. The molecule has 1 fully saturated rings. The Morgan fingerprint density at radius 1 is 0.940 bits per heavy atom. The van der Waals surface area contributed by atoms with Crippen LogP contribution >= 0.6 is 0 Å². The molecule has 3 rings (SSSR count). The molecule has 10 nitrogen and oxygen atoms in total. The fourth-order valence-electron chi connectivity index (χ4n) is 6.02. The Morgan fingerprint density at radius 3 is 2.06 bits per heavy atom. The molecule has 1 saturated heterocycles. The summed E-state index contributed by atoms with van der Waals surface area (Å²) in [5.74, 6) is -4.44. The van der Waals surface area contributed by atoms with Gasteiger partial charge in [0.05, 0.1) is 18.1 Å². The molecule has 50 heavy (non-hydrogen) atoms. The minimum atomic E-state index is -2.95. The van der Waals surface area contributed by atoms with Gasteiger partial charge in [0.25, 0.3) is 5.60 Å². The predicted molar refractivity (Wildman–Crippen MR) is 190 cm³/mol. The first-order valence-electron chi connectivity index (χ1n) is 16.8. The number of aliphatic carboxylic acids is 2. The first kappa shape index (κ1) is 40.3. The summed E-state index contributed by atoms with van der Waals surface area (Å²) >= 11 is 0. The molecule has 1 aliphatic heterocycles. The molecule has 1 heterocycles. The van der Waals surface area contributed by atoms with Gasteiger partial charge >= 0.3 is 11.9 Å². The average molecular weight is 714 g/mol. The molecule has 1 amide bonds. The van der Waals surface area contributed by atoms with Gasteiger partial charge in [0.1, 0.15) is 15.7 Å². The van der Waals surface area contributed by atoms with Crippen molar-refractivity contribution in [3.8, 4) is 0 Å². The number of rotatable bonds is 21. The van der Waals surface area contributed by atoms with Crippen LogP contribution < -0.4 is 4.90 Å². The largest absolute Gasteiger partial charge is 0.479 e. The van der Waals surface area contributed by atoms with Crippen LogP contribution in [0, 0.1) is 5.92 Å². The lowest BCUT2D eigenvalue weighted by atomic mass is 9.78. The van der Waals surface area contributed by atoms with Crippen LogP contribution in [0.4, 0.5) is 10.1 Å². The molecule has 0 aromatic heterocycles. The Morgan fingerprint density at radius 2 is 1.50 bits per heavy atom. The number of amides is 1. The highest BCUT2D eigenvalue weighted by atomic mass is 32.2. The maximum Gasteiger partial charge on any atom is 0.347 e. The zero-order chi connectivity index (χ0) is 37.1. The van der Waals surface area contributed by atoms with Gasteiger partial charge in [-0.1, -0.05) is 68.0 Å². The van der Waals surface area contributed by atoms with Crippen LogP contribution in [-0.4, -0.2) is 70.4 Å². The summed E-state index contributed by atoms with van der Waals surface area (Å²) < 4.78 is 36.2. The number of nitrogens with zero attached hydrogens (tertiary/aromatic N) is 1. The van der Waals surface area contributed by atoms with E-state index in [0.29, 0.717) is 30.5 Å². The standard InChI is InChI=1S/C38H48FNO9S/c1-4-30(39)19-12-26(2)33(41)23-22-32-34(29-17-13-28(14-18-29)11-9-24-38(47,36(43)44)37(45)46)40(35(32)42)31-20-15-27(16-21-31)10-7-5-6-8-25-50(3,48)49/h4,12-21,32-34,41,47H,2,5-11,22-25H2,1,3H3,(H,43,44)(H,45,46). The SMILES string of the molecule is C=C(C=CC(F)=CC)C(O)CCC1C(=O)N(c2ccc(CCCCCCS(C)(=O)=O)cc2)C1c1ccc(CCCC(O)(C(=O)O)C(=O)O)cc1. The van der Waals surface area contributed by atoms with Crippen LogP contribution in [-0.2, 0) is 37.1 Å². The lowest BCUT2D eigenvalue weighted by Crippen LogP contribution is -2.55. The lowest BCUT2D eigenvalue weighted by molar-refractivity contribution is -0.176. The van der Waals surface area contributed by atoms with Crippen LogP contribution in [0.2, 0.25) is 0 Å². The topological polar surface area (TPSA) is 170 Å². The number of aryl methyl sites for hydroxylation is 2. The number of benzene rings is 2. The van der Waals surface area contributed by atoms with Crippen LogP contribution in [0.25, 0.3) is 0 Å². The molecular formula is C38H48FNO9S. The van der Waals surface area contributed by atoms with Gasteiger partial charge in [-0.3, -0.25) is 4.79 Å². The Kier molecular flexibility index (Phi) is 14.7. The summed E-state index contributed by atoms with van der Waals surface area (Å²) in [6.07, 6.45) is 8.91. The number of carboxylic acids is 2. The first-order valence-corrected chi connectivity index (χ1v) is 18.9.